The van der Waals surface area contributed by atoms with Crippen LogP contribution in [0.3, 0.4) is 0 Å². The van der Waals surface area contributed by atoms with Crippen LogP contribution in [0, 0.1) is 0 Å². The van der Waals surface area contributed by atoms with E-state index in [-0.39, 0.29) is 19.0 Å². The highest BCUT2D eigenvalue weighted by Gasteiger charge is 2.15. The summed E-state index contributed by atoms with van der Waals surface area (Å²) in [6.45, 7) is 3.03. The first-order chi connectivity index (χ1) is 9.54. The fourth-order valence-corrected chi connectivity index (χ4v) is 1.68. The van der Waals surface area contributed by atoms with Gasteiger partial charge in [0.05, 0.1) is 0 Å². The van der Waals surface area contributed by atoms with Gasteiger partial charge in [0.1, 0.15) is 0 Å². The molecule has 0 aliphatic rings. The van der Waals surface area contributed by atoms with E-state index in [1.165, 1.54) is 0 Å². The van der Waals surface area contributed by atoms with Gasteiger partial charge in [0.2, 0.25) is 0 Å². The number of hydrogen-bond donors (Lipinski definition) is 3. The van der Waals surface area contributed by atoms with Gasteiger partial charge in [-0.15, -0.1) is 0 Å². The molecule has 2 amide bonds. The average molecular weight is 280 g/mol. The summed E-state index contributed by atoms with van der Waals surface area (Å²) >= 11 is 0. The van der Waals surface area contributed by atoms with E-state index in [1.54, 1.807) is 4.90 Å². The Morgan fingerprint density at radius 3 is 2.50 bits per heavy atom. The number of aliphatic carboxylic acids is 1. The van der Waals surface area contributed by atoms with E-state index in [9.17, 15) is 9.59 Å². The zero-order valence-electron chi connectivity index (χ0n) is 11.5. The van der Waals surface area contributed by atoms with Crippen molar-refractivity contribution in [1.82, 2.24) is 10.2 Å². The number of benzene rings is 1. The van der Waals surface area contributed by atoms with Gasteiger partial charge >= 0.3 is 12.0 Å². The summed E-state index contributed by atoms with van der Waals surface area (Å²) in [4.78, 5) is 24.0. The lowest BCUT2D eigenvalue weighted by molar-refractivity contribution is -0.146. The van der Waals surface area contributed by atoms with Gasteiger partial charge in [0.25, 0.3) is 0 Å². The summed E-state index contributed by atoms with van der Waals surface area (Å²) in [5.74, 6) is -1.28. The number of nitrogens with one attached hydrogen (secondary N) is 1. The van der Waals surface area contributed by atoms with Crippen molar-refractivity contribution < 1.29 is 19.8 Å². The highest BCUT2D eigenvalue weighted by molar-refractivity contribution is 5.74. The third kappa shape index (κ3) is 5.27. The topological polar surface area (TPSA) is 89.9 Å². The van der Waals surface area contributed by atoms with Crippen molar-refractivity contribution in [2.45, 2.75) is 26.0 Å². The fourth-order valence-electron chi connectivity index (χ4n) is 1.68. The van der Waals surface area contributed by atoms with Crippen LogP contribution in [0.4, 0.5) is 4.79 Å². The molecule has 20 heavy (non-hydrogen) atoms. The fraction of sp³-hybridized carbons (Fsp3) is 0.429. The number of carbonyl (C=O) groups is 2. The third-order valence-electron chi connectivity index (χ3n) is 2.86. The van der Waals surface area contributed by atoms with Gasteiger partial charge in [0, 0.05) is 26.1 Å². The average Bonchev–Trinajstić information content (AvgIpc) is 2.45. The molecule has 0 aliphatic heterocycles. The SMILES string of the molecule is CCN(Cc1ccccc1)C(=O)NCCC(O)C(=O)O. The Balaban J connectivity index is 2.41. The quantitative estimate of drug-likeness (QED) is 0.696. The molecule has 0 radical (unpaired) electrons. The first-order valence-corrected chi connectivity index (χ1v) is 6.52. The van der Waals surface area contributed by atoms with Crippen LogP contribution in [0.1, 0.15) is 18.9 Å². The normalized spacial score (nSPS) is 11.7. The van der Waals surface area contributed by atoms with E-state index < -0.39 is 12.1 Å². The maximum absolute atomic E-state index is 11.9. The van der Waals surface area contributed by atoms with Gasteiger partial charge < -0.3 is 20.4 Å². The number of aliphatic hydroxyl groups excluding tert-OH is 1. The highest BCUT2D eigenvalue weighted by atomic mass is 16.4. The molecule has 0 heterocycles. The maximum atomic E-state index is 11.9. The minimum atomic E-state index is -1.44. The summed E-state index contributed by atoms with van der Waals surface area (Å²) < 4.78 is 0. The molecular formula is C14H20N2O4. The smallest absolute Gasteiger partial charge is 0.332 e. The monoisotopic (exact) mass is 280 g/mol. The molecule has 1 aromatic carbocycles. The summed E-state index contributed by atoms with van der Waals surface area (Å²) in [6.07, 6.45) is -1.45. The molecule has 1 atom stereocenters. The van der Waals surface area contributed by atoms with E-state index in [1.807, 2.05) is 37.3 Å². The van der Waals surface area contributed by atoms with E-state index >= 15 is 0 Å². The molecule has 110 valence electrons. The Morgan fingerprint density at radius 1 is 1.30 bits per heavy atom. The van der Waals surface area contributed by atoms with Gasteiger partial charge in [-0.05, 0) is 12.5 Å². The van der Waals surface area contributed by atoms with Crippen LogP contribution >= 0.6 is 0 Å². The standard InChI is InChI=1S/C14H20N2O4/c1-2-16(10-11-6-4-3-5-7-11)14(20)15-9-8-12(17)13(18)19/h3-7,12,17H,2,8-10H2,1H3,(H,15,20)(H,18,19). The van der Waals surface area contributed by atoms with Gasteiger partial charge in [0.15, 0.2) is 6.10 Å². The van der Waals surface area contributed by atoms with E-state index in [2.05, 4.69) is 5.32 Å². The van der Waals surface area contributed by atoms with Crippen LogP contribution in [0.25, 0.3) is 0 Å². The lowest BCUT2D eigenvalue weighted by Crippen LogP contribution is -2.40. The lowest BCUT2D eigenvalue weighted by Gasteiger charge is -2.21. The molecule has 1 unspecified atom stereocenters. The minimum Gasteiger partial charge on any atom is -0.479 e. The molecule has 0 aliphatic carbocycles. The predicted octanol–water partition coefficient (Wildman–Crippen LogP) is 1.05. The molecule has 0 aromatic heterocycles. The van der Waals surface area contributed by atoms with Crippen molar-refractivity contribution in [1.29, 1.82) is 0 Å². The summed E-state index contributed by atoms with van der Waals surface area (Å²) in [7, 11) is 0. The van der Waals surface area contributed by atoms with E-state index in [0.29, 0.717) is 13.1 Å². The zero-order chi connectivity index (χ0) is 15.0. The zero-order valence-corrected chi connectivity index (χ0v) is 11.5. The number of carboxylic acid groups (broad SMARTS) is 1. The van der Waals surface area contributed by atoms with Gasteiger partial charge in [-0.3, -0.25) is 0 Å². The molecule has 6 heteroatoms. The molecule has 0 saturated carbocycles. The molecule has 0 fully saturated rings. The van der Waals surface area contributed by atoms with E-state index in [0.717, 1.165) is 5.56 Å². The van der Waals surface area contributed by atoms with Crippen LogP contribution in [-0.4, -0.2) is 46.3 Å². The van der Waals surface area contributed by atoms with Crippen molar-refractivity contribution in [3.05, 3.63) is 35.9 Å². The molecule has 6 nitrogen and oxygen atoms in total. The van der Waals surface area contributed by atoms with E-state index in [4.69, 9.17) is 10.2 Å². The molecule has 1 aromatic rings. The lowest BCUT2D eigenvalue weighted by atomic mass is 10.2. The van der Waals surface area contributed by atoms with Crippen LogP contribution < -0.4 is 5.32 Å². The number of aliphatic hydroxyl groups is 1. The Bertz CT molecular complexity index is 436. The van der Waals surface area contributed by atoms with Crippen molar-refractivity contribution in [2.75, 3.05) is 13.1 Å². The van der Waals surface area contributed by atoms with Crippen molar-refractivity contribution in [2.24, 2.45) is 0 Å². The first kappa shape index (κ1) is 16.0. The van der Waals surface area contributed by atoms with Gasteiger partial charge in [-0.1, -0.05) is 30.3 Å². The second-order valence-corrected chi connectivity index (χ2v) is 4.37. The van der Waals surface area contributed by atoms with Crippen LogP contribution in [0.15, 0.2) is 30.3 Å². The Morgan fingerprint density at radius 2 is 1.95 bits per heavy atom. The second kappa shape index (κ2) is 8.16. The number of hydrogen-bond acceptors (Lipinski definition) is 3. The number of urea groups is 1. The Hall–Kier alpha value is -2.08. The minimum absolute atomic E-state index is 0.00996. The summed E-state index contributed by atoms with van der Waals surface area (Å²) in [5.41, 5.74) is 1.02. The number of rotatable bonds is 7. The number of carbonyl (C=O) groups excluding carboxylic acids is 1. The molecule has 3 N–H and O–H groups in total. The molecule has 0 spiro atoms. The Kier molecular flexibility index (Phi) is 6.52. The van der Waals surface area contributed by atoms with Crippen molar-refractivity contribution in [3.63, 3.8) is 0 Å². The maximum Gasteiger partial charge on any atom is 0.332 e. The van der Waals surface area contributed by atoms with Crippen molar-refractivity contribution in [3.8, 4) is 0 Å². The molecular weight excluding hydrogens is 260 g/mol. The number of nitrogens with zero attached hydrogens (tertiary/aromatic N) is 1. The van der Waals surface area contributed by atoms with Crippen LogP contribution in [-0.2, 0) is 11.3 Å². The third-order valence-corrected chi connectivity index (χ3v) is 2.86. The summed E-state index contributed by atoms with van der Waals surface area (Å²) in [5, 5.41) is 20.2. The Labute approximate surface area is 118 Å². The van der Waals surface area contributed by atoms with Gasteiger partial charge in [-0.25, -0.2) is 9.59 Å². The van der Waals surface area contributed by atoms with Crippen LogP contribution in [0.5, 0.6) is 0 Å². The predicted molar refractivity (Wildman–Crippen MR) is 74.2 cm³/mol. The van der Waals surface area contributed by atoms with Crippen LogP contribution in [0.2, 0.25) is 0 Å². The van der Waals surface area contributed by atoms with Crippen molar-refractivity contribution >= 4 is 12.0 Å². The highest BCUT2D eigenvalue weighted by Crippen LogP contribution is 2.04. The molecule has 1 rings (SSSR count). The van der Waals surface area contributed by atoms with Gasteiger partial charge in [-0.2, -0.15) is 0 Å². The number of amides is 2. The second-order valence-electron chi connectivity index (χ2n) is 4.37. The molecule has 0 saturated heterocycles. The first-order valence-electron chi connectivity index (χ1n) is 6.52. The largest absolute Gasteiger partial charge is 0.479 e. The molecule has 0 bridgehead atoms. The number of carboxylic acids is 1. The summed E-state index contributed by atoms with van der Waals surface area (Å²) in [6, 6.07) is 9.32.